The van der Waals surface area contributed by atoms with E-state index < -0.39 is 23.8 Å². The van der Waals surface area contributed by atoms with Gasteiger partial charge in [0, 0.05) is 22.9 Å². The Balaban J connectivity index is 1.61. The van der Waals surface area contributed by atoms with Crippen LogP contribution in [0.1, 0.15) is 38.0 Å². The number of aliphatic hydroxyl groups excluding tert-OH is 1. The number of carboxylic acids is 1. The number of aliphatic hydroxyl groups is 1. The molecule has 0 aliphatic rings. The fraction of sp³-hybridized carbons (Fsp3) is 0.310. The SMILES string of the molecule is CC(C)(C)OC(=O)N(CCc1ccc(Nc2ccc(OCC(=O)O)cc2)cc1)C[C@@H](O)c1cccc(Cl)c1. The number of hydrogen-bond acceptors (Lipinski definition) is 6. The molecule has 3 aromatic carbocycles. The van der Waals surface area contributed by atoms with Crippen LogP contribution in [0.25, 0.3) is 0 Å². The number of hydrogen-bond donors (Lipinski definition) is 3. The van der Waals surface area contributed by atoms with Crippen molar-refractivity contribution in [1.29, 1.82) is 0 Å². The first-order valence-electron chi connectivity index (χ1n) is 12.2. The van der Waals surface area contributed by atoms with Crippen LogP contribution in [0, 0.1) is 0 Å². The highest BCUT2D eigenvalue weighted by atomic mass is 35.5. The number of amides is 1. The van der Waals surface area contributed by atoms with E-state index in [2.05, 4.69) is 5.32 Å². The monoisotopic (exact) mass is 540 g/mol. The van der Waals surface area contributed by atoms with Crippen LogP contribution in [0.15, 0.2) is 72.8 Å². The molecule has 0 spiro atoms. The van der Waals surface area contributed by atoms with Crippen LogP contribution in [-0.4, -0.2) is 52.5 Å². The Kier molecular flexibility index (Phi) is 9.98. The zero-order valence-corrected chi connectivity index (χ0v) is 22.4. The van der Waals surface area contributed by atoms with Crippen LogP contribution >= 0.6 is 11.6 Å². The average molecular weight is 541 g/mol. The largest absolute Gasteiger partial charge is 0.482 e. The molecule has 3 rings (SSSR count). The first-order valence-corrected chi connectivity index (χ1v) is 12.6. The summed E-state index contributed by atoms with van der Waals surface area (Å²) >= 11 is 6.06. The van der Waals surface area contributed by atoms with E-state index >= 15 is 0 Å². The third kappa shape index (κ3) is 9.61. The molecule has 0 saturated heterocycles. The quantitative estimate of drug-likeness (QED) is 0.271. The lowest BCUT2D eigenvalue weighted by Gasteiger charge is -2.29. The summed E-state index contributed by atoms with van der Waals surface area (Å²) in [5.74, 6) is -0.554. The number of carbonyl (C=O) groups excluding carboxylic acids is 1. The van der Waals surface area contributed by atoms with Crippen molar-refractivity contribution in [2.75, 3.05) is 25.0 Å². The lowest BCUT2D eigenvalue weighted by Crippen LogP contribution is -2.40. The highest BCUT2D eigenvalue weighted by Crippen LogP contribution is 2.22. The lowest BCUT2D eigenvalue weighted by molar-refractivity contribution is -0.139. The Morgan fingerprint density at radius 3 is 2.21 bits per heavy atom. The van der Waals surface area contributed by atoms with Crippen LogP contribution < -0.4 is 10.1 Å². The molecule has 0 saturated carbocycles. The molecule has 38 heavy (non-hydrogen) atoms. The number of halogens is 1. The maximum atomic E-state index is 12.9. The summed E-state index contributed by atoms with van der Waals surface area (Å²) in [5.41, 5.74) is 2.67. The van der Waals surface area contributed by atoms with Gasteiger partial charge in [0.1, 0.15) is 11.4 Å². The van der Waals surface area contributed by atoms with E-state index in [1.165, 1.54) is 4.90 Å². The predicted octanol–water partition coefficient (Wildman–Crippen LogP) is 6.06. The van der Waals surface area contributed by atoms with E-state index in [-0.39, 0.29) is 13.2 Å². The van der Waals surface area contributed by atoms with Crippen LogP contribution in [-0.2, 0) is 16.0 Å². The topological polar surface area (TPSA) is 108 Å². The molecule has 0 radical (unpaired) electrons. The number of anilines is 2. The molecule has 0 bridgehead atoms. The van der Waals surface area contributed by atoms with Gasteiger partial charge in [-0.3, -0.25) is 0 Å². The van der Waals surface area contributed by atoms with Gasteiger partial charge < -0.3 is 29.9 Å². The molecule has 3 aromatic rings. The Morgan fingerprint density at radius 1 is 1.00 bits per heavy atom. The molecule has 0 fully saturated rings. The number of benzene rings is 3. The number of aliphatic carboxylic acids is 1. The van der Waals surface area contributed by atoms with Crippen molar-refractivity contribution >= 4 is 35.0 Å². The minimum absolute atomic E-state index is 0.0705. The van der Waals surface area contributed by atoms with Crippen LogP contribution in [0.4, 0.5) is 16.2 Å². The number of carboxylic acid groups (broad SMARTS) is 1. The van der Waals surface area contributed by atoms with Gasteiger partial charge in [0.15, 0.2) is 6.61 Å². The molecule has 3 N–H and O–H groups in total. The highest BCUT2D eigenvalue weighted by molar-refractivity contribution is 6.30. The summed E-state index contributed by atoms with van der Waals surface area (Å²) < 4.78 is 10.7. The van der Waals surface area contributed by atoms with Gasteiger partial charge in [-0.25, -0.2) is 9.59 Å². The molecule has 9 heteroatoms. The average Bonchev–Trinajstić information content (AvgIpc) is 2.85. The van der Waals surface area contributed by atoms with Crippen molar-refractivity contribution in [3.8, 4) is 5.75 Å². The number of nitrogens with zero attached hydrogens (tertiary/aromatic N) is 1. The molecule has 0 heterocycles. The third-order valence-electron chi connectivity index (χ3n) is 5.41. The van der Waals surface area contributed by atoms with E-state index in [9.17, 15) is 14.7 Å². The smallest absolute Gasteiger partial charge is 0.410 e. The molecule has 0 aliphatic carbocycles. The second kappa shape index (κ2) is 13.2. The fourth-order valence-corrected chi connectivity index (χ4v) is 3.78. The predicted molar refractivity (Wildman–Crippen MR) is 147 cm³/mol. The van der Waals surface area contributed by atoms with Gasteiger partial charge in [-0.15, -0.1) is 0 Å². The normalized spacial score (nSPS) is 11.9. The second-order valence-corrected chi connectivity index (χ2v) is 10.2. The van der Waals surface area contributed by atoms with E-state index in [0.29, 0.717) is 29.3 Å². The lowest BCUT2D eigenvalue weighted by atomic mass is 10.1. The first kappa shape index (κ1) is 28.8. The maximum absolute atomic E-state index is 12.9. The summed E-state index contributed by atoms with van der Waals surface area (Å²) in [6.07, 6.45) is -0.835. The van der Waals surface area contributed by atoms with Gasteiger partial charge in [-0.2, -0.15) is 0 Å². The van der Waals surface area contributed by atoms with Gasteiger partial charge in [-0.05, 0) is 86.8 Å². The third-order valence-corrected chi connectivity index (χ3v) is 5.64. The number of rotatable bonds is 11. The summed E-state index contributed by atoms with van der Waals surface area (Å²) in [6.45, 7) is 5.45. The van der Waals surface area contributed by atoms with E-state index in [4.69, 9.17) is 26.2 Å². The van der Waals surface area contributed by atoms with Crippen molar-refractivity contribution in [2.24, 2.45) is 0 Å². The van der Waals surface area contributed by atoms with E-state index in [1.54, 1.807) is 69.3 Å². The van der Waals surface area contributed by atoms with Gasteiger partial charge in [0.05, 0.1) is 12.6 Å². The first-order chi connectivity index (χ1) is 18.0. The minimum Gasteiger partial charge on any atom is -0.482 e. The van der Waals surface area contributed by atoms with Crippen LogP contribution in [0.3, 0.4) is 0 Å². The molecule has 0 aliphatic heterocycles. The van der Waals surface area contributed by atoms with Crippen molar-refractivity contribution in [2.45, 2.75) is 38.9 Å². The van der Waals surface area contributed by atoms with Crippen molar-refractivity contribution in [3.05, 3.63) is 88.9 Å². The molecule has 0 unspecified atom stereocenters. The van der Waals surface area contributed by atoms with E-state index in [0.717, 1.165) is 16.9 Å². The Labute approximate surface area is 227 Å². The fourth-order valence-electron chi connectivity index (χ4n) is 3.58. The zero-order valence-electron chi connectivity index (χ0n) is 21.7. The number of ether oxygens (including phenoxy) is 2. The number of carbonyl (C=O) groups is 2. The van der Waals surface area contributed by atoms with Crippen molar-refractivity contribution < 1.29 is 29.3 Å². The standard InChI is InChI=1S/C29H33ClN2O6/c1-29(2,3)38-28(36)32(18-26(33)21-5-4-6-22(30)17-21)16-15-20-7-9-23(10-8-20)31-24-11-13-25(14-12-24)37-19-27(34)35/h4-14,17,26,31,33H,15-16,18-19H2,1-3H3,(H,34,35)/t26-/m1/s1. The van der Waals surface area contributed by atoms with Gasteiger partial charge in [-0.1, -0.05) is 35.9 Å². The Bertz CT molecular complexity index is 1210. The summed E-state index contributed by atoms with van der Waals surface area (Å²) in [4.78, 5) is 25.0. The maximum Gasteiger partial charge on any atom is 0.410 e. The molecular formula is C29H33ClN2O6. The minimum atomic E-state index is -1.03. The summed E-state index contributed by atoms with van der Waals surface area (Å²) in [5, 5.41) is 23.3. The summed E-state index contributed by atoms with van der Waals surface area (Å²) in [7, 11) is 0. The molecule has 202 valence electrons. The van der Waals surface area contributed by atoms with Crippen LogP contribution in [0.2, 0.25) is 5.02 Å². The molecule has 1 amide bonds. The number of nitrogens with one attached hydrogen (secondary N) is 1. The van der Waals surface area contributed by atoms with Gasteiger partial charge in [0.25, 0.3) is 0 Å². The zero-order chi connectivity index (χ0) is 27.7. The molecule has 1 atom stereocenters. The van der Waals surface area contributed by atoms with E-state index in [1.807, 2.05) is 24.3 Å². The van der Waals surface area contributed by atoms with Gasteiger partial charge >= 0.3 is 12.1 Å². The van der Waals surface area contributed by atoms with Gasteiger partial charge in [0.2, 0.25) is 0 Å². The Hall–Kier alpha value is -3.75. The van der Waals surface area contributed by atoms with Crippen LogP contribution in [0.5, 0.6) is 5.75 Å². The van der Waals surface area contributed by atoms with Crippen molar-refractivity contribution in [1.82, 2.24) is 4.90 Å². The molecule has 8 nitrogen and oxygen atoms in total. The second-order valence-electron chi connectivity index (χ2n) is 9.78. The van der Waals surface area contributed by atoms with Crippen molar-refractivity contribution in [3.63, 3.8) is 0 Å². The summed E-state index contributed by atoms with van der Waals surface area (Å²) in [6, 6.07) is 21.7. The highest BCUT2D eigenvalue weighted by Gasteiger charge is 2.24. The molecular weight excluding hydrogens is 508 g/mol. The Morgan fingerprint density at radius 2 is 1.63 bits per heavy atom. The molecule has 0 aromatic heterocycles.